The van der Waals surface area contributed by atoms with E-state index >= 15 is 0 Å². The predicted octanol–water partition coefficient (Wildman–Crippen LogP) is 4.73. The van der Waals surface area contributed by atoms with Gasteiger partial charge in [0.25, 0.3) is 0 Å². The van der Waals surface area contributed by atoms with E-state index < -0.39 is 6.04 Å². The molecule has 0 amide bonds. The summed E-state index contributed by atoms with van der Waals surface area (Å²) >= 11 is 0. The summed E-state index contributed by atoms with van der Waals surface area (Å²) in [5.74, 6) is 0.884. The Kier molecular flexibility index (Phi) is 5.60. The molecule has 31 heavy (non-hydrogen) atoms. The van der Waals surface area contributed by atoms with E-state index in [1.54, 1.807) is 37.4 Å². The third-order valence-corrected chi connectivity index (χ3v) is 5.36. The minimum atomic E-state index is -0.673. The number of methoxy groups -OCH3 is 1. The average Bonchev–Trinajstić information content (AvgIpc) is 3.16. The van der Waals surface area contributed by atoms with Gasteiger partial charge in [-0.3, -0.25) is 0 Å². The summed E-state index contributed by atoms with van der Waals surface area (Å²) in [7, 11) is 1.57. The standard InChI is InChI=1S/C24H22N2O5/c1-31-23-11-15(14-27)10-22-24(23)20(16-2-6-18(28)7-3-16)12-26(22)13-21(25-30)17-4-8-19(29)9-5-17/h2-12,21,27-29H,13-14H2,1H3. The van der Waals surface area contributed by atoms with Crippen molar-refractivity contribution in [3.8, 4) is 28.4 Å². The molecule has 1 heterocycles. The van der Waals surface area contributed by atoms with Crippen molar-refractivity contribution in [2.45, 2.75) is 19.2 Å². The van der Waals surface area contributed by atoms with Crippen molar-refractivity contribution in [3.63, 3.8) is 0 Å². The molecule has 0 spiro atoms. The van der Waals surface area contributed by atoms with Crippen LogP contribution in [-0.4, -0.2) is 27.0 Å². The largest absolute Gasteiger partial charge is 0.508 e. The van der Waals surface area contributed by atoms with Crippen LogP contribution in [-0.2, 0) is 13.2 Å². The monoisotopic (exact) mass is 418 g/mol. The predicted molar refractivity (Wildman–Crippen MR) is 118 cm³/mol. The zero-order chi connectivity index (χ0) is 22.0. The number of phenols is 2. The number of rotatable bonds is 7. The first kappa shape index (κ1) is 20.4. The number of benzene rings is 3. The summed E-state index contributed by atoms with van der Waals surface area (Å²) in [5.41, 5.74) is 3.90. The van der Waals surface area contributed by atoms with E-state index in [1.165, 1.54) is 12.1 Å². The fourth-order valence-corrected chi connectivity index (χ4v) is 3.79. The highest BCUT2D eigenvalue weighted by Gasteiger charge is 2.20. The molecule has 0 saturated heterocycles. The van der Waals surface area contributed by atoms with E-state index in [-0.39, 0.29) is 24.7 Å². The fourth-order valence-electron chi connectivity index (χ4n) is 3.79. The van der Waals surface area contributed by atoms with Crippen LogP contribution >= 0.6 is 0 Å². The van der Waals surface area contributed by atoms with Gasteiger partial charge < -0.3 is 24.6 Å². The van der Waals surface area contributed by atoms with E-state index in [9.17, 15) is 20.2 Å². The number of aliphatic hydroxyl groups is 1. The number of hydrogen-bond donors (Lipinski definition) is 3. The molecule has 158 valence electrons. The lowest BCUT2D eigenvalue weighted by molar-refractivity contribution is 0.281. The number of aromatic nitrogens is 1. The molecule has 0 aliphatic carbocycles. The molecule has 3 N–H and O–H groups in total. The average molecular weight is 418 g/mol. The van der Waals surface area contributed by atoms with Gasteiger partial charge in [0, 0.05) is 17.1 Å². The van der Waals surface area contributed by atoms with Crippen molar-refractivity contribution >= 4 is 10.9 Å². The highest BCUT2D eigenvalue weighted by Crippen LogP contribution is 2.39. The molecule has 0 fully saturated rings. The lowest BCUT2D eigenvalue weighted by Gasteiger charge is -2.13. The minimum Gasteiger partial charge on any atom is -0.508 e. The Morgan fingerprint density at radius 3 is 2.23 bits per heavy atom. The molecule has 0 bridgehead atoms. The van der Waals surface area contributed by atoms with E-state index in [0.29, 0.717) is 16.9 Å². The lowest BCUT2D eigenvalue weighted by atomic mass is 10.0. The fraction of sp³-hybridized carbons (Fsp3) is 0.167. The molecule has 0 aliphatic rings. The first-order valence-corrected chi connectivity index (χ1v) is 9.75. The molecule has 1 unspecified atom stereocenters. The van der Waals surface area contributed by atoms with Gasteiger partial charge in [-0.2, -0.15) is 4.91 Å². The van der Waals surface area contributed by atoms with Gasteiger partial charge in [-0.25, -0.2) is 0 Å². The maximum absolute atomic E-state index is 11.7. The zero-order valence-electron chi connectivity index (χ0n) is 16.9. The molecule has 7 nitrogen and oxygen atoms in total. The van der Waals surface area contributed by atoms with Crippen LogP contribution in [0.25, 0.3) is 22.0 Å². The molecule has 7 heteroatoms. The van der Waals surface area contributed by atoms with Gasteiger partial charge in [0.05, 0.1) is 25.8 Å². The van der Waals surface area contributed by atoms with Gasteiger partial charge in [0.1, 0.15) is 23.3 Å². The van der Waals surface area contributed by atoms with E-state index in [4.69, 9.17) is 4.74 Å². The highest BCUT2D eigenvalue weighted by molar-refractivity contribution is 6.01. The number of hydrogen-bond acceptors (Lipinski definition) is 6. The van der Waals surface area contributed by atoms with Crippen LogP contribution in [0.2, 0.25) is 0 Å². The van der Waals surface area contributed by atoms with Crippen molar-refractivity contribution in [2.75, 3.05) is 7.11 Å². The number of aromatic hydroxyl groups is 2. The smallest absolute Gasteiger partial charge is 0.135 e. The zero-order valence-corrected chi connectivity index (χ0v) is 16.9. The van der Waals surface area contributed by atoms with Crippen LogP contribution < -0.4 is 4.74 Å². The maximum Gasteiger partial charge on any atom is 0.135 e. The number of ether oxygens (including phenoxy) is 1. The Morgan fingerprint density at radius 2 is 1.65 bits per heavy atom. The van der Waals surface area contributed by atoms with Crippen LogP contribution in [0.5, 0.6) is 17.2 Å². The summed E-state index contributed by atoms with van der Waals surface area (Å²) in [6, 6.07) is 16.2. The molecule has 0 radical (unpaired) electrons. The Hall–Kier alpha value is -3.84. The molecule has 0 aliphatic heterocycles. The Labute approximate surface area is 178 Å². The summed E-state index contributed by atoms with van der Waals surface area (Å²) in [6.07, 6.45) is 1.92. The second-order valence-corrected chi connectivity index (χ2v) is 7.31. The number of nitrogens with zero attached hydrogens (tertiary/aromatic N) is 2. The highest BCUT2D eigenvalue weighted by atomic mass is 16.5. The first-order chi connectivity index (χ1) is 15.0. The summed E-state index contributed by atoms with van der Waals surface area (Å²) in [5, 5.41) is 33.0. The topological polar surface area (TPSA) is 104 Å². The van der Waals surface area contributed by atoms with E-state index in [1.807, 2.05) is 29.0 Å². The van der Waals surface area contributed by atoms with Crippen molar-refractivity contribution in [3.05, 3.63) is 82.9 Å². The van der Waals surface area contributed by atoms with Crippen molar-refractivity contribution in [2.24, 2.45) is 5.18 Å². The van der Waals surface area contributed by atoms with Crippen LogP contribution in [0.3, 0.4) is 0 Å². The lowest BCUT2D eigenvalue weighted by Crippen LogP contribution is -2.06. The number of fused-ring (bicyclic) bond motifs is 1. The van der Waals surface area contributed by atoms with E-state index in [0.717, 1.165) is 22.0 Å². The molecular formula is C24H22N2O5. The van der Waals surface area contributed by atoms with Gasteiger partial charge in [-0.1, -0.05) is 29.4 Å². The molecule has 3 aromatic carbocycles. The van der Waals surface area contributed by atoms with Gasteiger partial charge in [-0.05, 0) is 53.1 Å². The molecule has 1 atom stereocenters. The first-order valence-electron chi connectivity index (χ1n) is 9.75. The maximum atomic E-state index is 11.7. The Bertz CT molecular complexity index is 1210. The quantitative estimate of drug-likeness (QED) is 0.377. The van der Waals surface area contributed by atoms with Gasteiger partial charge in [0.2, 0.25) is 0 Å². The third kappa shape index (κ3) is 3.95. The van der Waals surface area contributed by atoms with Crippen LogP contribution in [0, 0.1) is 4.91 Å². The second-order valence-electron chi connectivity index (χ2n) is 7.31. The van der Waals surface area contributed by atoms with Gasteiger partial charge >= 0.3 is 0 Å². The van der Waals surface area contributed by atoms with Crippen molar-refractivity contribution in [1.82, 2.24) is 4.57 Å². The summed E-state index contributed by atoms with van der Waals surface area (Å²) < 4.78 is 7.53. The molecular weight excluding hydrogens is 396 g/mol. The van der Waals surface area contributed by atoms with E-state index in [2.05, 4.69) is 5.18 Å². The molecule has 1 aromatic heterocycles. The van der Waals surface area contributed by atoms with Crippen LogP contribution in [0.15, 0.2) is 72.0 Å². The Morgan fingerprint density at radius 1 is 1.00 bits per heavy atom. The third-order valence-electron chi connectivity index (χ3n) is 5.36. The van der Waals surface area contributed by atoms with Crippen LogP contribution in [0.4, 0.5) is 0 Å². The number of nitroso groups, excluding NO2 is 1. The summed E-state index contributed by atoms with van der Waals surface area (Å²) in [4.78, 5) is 11.7. The number of aliphatic hydroxyl groups excluding tert-OH is 1. The number of phenolic OH excluding ortho intramolecular Hbond substituents is 2. The SMILES string of the molecule is COc1cc(CO)cc2c1c(-c1ccc(O)cc1)cn2CC(N=O)c1ccc(O)cc1. The minimum absolute atomic E-state index is 0.117. The molecule has 4 aromatic rings. The van der Waals surface area contributed by atoms with Crippen molar-refractivity contribution in [1.29, 1.82) is 0 Å². The van der Waals surface area contributed by atoms with Crippen molar-refractivity contribution < 1.29 is 20.1 Å². The summed E-state index contributed by atoms with van der Waals surface area (Å²) in [6.45, 7) is 0.111. The van der Waals surface area contributed by atoms with Gasteiger partial charge in [-0.15, -0.1) is 0 Å². The normalized spacial score (nSPS) is 12.1. The Balaban J connectivity index is 1.88. The van der Waals surface area contributed by atoms with Gasteiger partial charge in [0.15, 0.2) is 0 Å². The molecule has 4 rings (SSSR count). The van der Waals surface area contributed by atoms with Crippen LogP contribution in [0.1, 0.15) is 17.2 Å². The molecule has 0 saturated carbocycles. The second kappa shape index (κ2) is 8.49.